The highest BCUT2D eigenvalue weighted by Crippen LogP contribution is 2.31. The number of anilines is 1. The molecule has 15 heavy (non-hydrogen) atoms. The van der Waals surface area contributed by atoms with E-state index in [1.807, 2.05) is 25.2 Å². The van der Waals surface area contributed by atoms with Gasteiger partial charge in [-0.05, 0) is 24.6 Å². The van der Waals surface area contributed by atoms with E-state index < -0.39 is 0 Å². The molecular formula is C12H15NO2. The first-order valence-corrected chi connectivity index (χ1v) is 5.13. The second-order valence-corrected chi connectivity index (χ2v) is 3.95. The smallest absolute Gasteiger partial charge is 0.142 e. The van der Waals surface area contributed by atoms with E-state index in [0.29, 0.717) is 6.42 Å². The second-order valence-electron chi connectivity index (χ2n) is 3.95. The van der Waals surface area contributed by atoms with Crippen LogP contribution in [0.5, 0.6) is 5.75 Å². The monoisotopic (exact) mass is 205 g/mol. The SMILES string of the molecule is CC(=O)Cc1ccc2c(c1)N(C)CCO2. The van der Waals surface area contributed by atoms with E-state index >= 15 is 0 Å². The number of carbonyl (C=O) groups excluding carboxylic acids is 1. The lowest BCUT2D eigenvalue weighted by Crippen LogP contribution is -2.28. The summed E-state index contributed by atoms with van der Waals surface area (Å²) >= 11 is 0. The highest BCUT2D eigenvalue weighted by molar-refractivity contribution is 5.79. The summed E-state index contributed by atoms with van der Waals surface area (Å²) in [5, 5.41) is 0. The Morgan fingerprint density at radius 3 is 3.07 bits per heavy atom. The van der Waals surface area contributed by atoms with Gasteiger partial charge >= 0.3 is 0 Å². The van der Waals surface area contributed by atoms with Gasteiger partial charge in [0.2, 0.25) is 0 Å². The Morgan fingerprint density at radius 2 is 2.33 bits per heavy atom. The molecule has 1 aliphatic rings. The normalized spacial score (nSPS) is 14.4. The van der Waals surface area contributed by atoms with E-state index in [-0.39, 0.29) is 5.78 Å². The molecule has 80 valence electrons. The summed E-state index contributed by atoms with van der Waals surface area (Å²) in [6.45, 7) is 3.24. The Hall–Kier alpha value is -1.51. The van der Waals surface area contributed by atoms with Gasteiger partial charge in [-0.2, -0.15) is 0 Å². The molecule has 0 radical (unpaired) electrons. The van der Waals surface area contributed by atoms with Crippen molar-refractivity contribution in [3.63, 3.8) is 0 Å². The number of ether oxygens (including phenoxy) is 1. The van der Waals surface area contributed by atoms with Crippen LogP contribution in [-0.2, 0) is 11.2 Å². The molecule has 0 N–H and O–H groups in total. The summed E-state index contributed by atoms with van der Waals surface area (Å²) in [6.07, 6.45) is 0.501. The third-order valence-electron chi connectivity index (χ3n) is 2.57. The van der Waals surface area contributed by atoms with Gasteiger partial charge in [0.1, 0.15) is 18.1 Å². The molecule has 0 saturated heterocycles. The van der Waals surface area contributed by atoms with Gasteiger partial charge in [-0.3, -0.25) is 4.79 Å². The number of nitrogens with zero attached hydrogens (tertiary/aromatic N) is 1. The van der Waals surface area contributed by atoms with Gasteiger partial charge in [0.25, 0.3) is 0 Å². The van der Waals surface area contributed by atoms with E-state index in [0.717, 1.165) is 30.2 Å². The predicted octanol–water partition coefficient (Wildman–Crippen LogP) is 1.65. The highest BCUT2D eigenvalue weighted by atomic mass is 16.5. The lowest BCUT2D eigenvalue weighted by molar-refractivity contribution is -0.116. The number of Topliss-reactive ketones (excluding diaryl/α,β-unsaturated/α-hetero) is 1. The first-order chi connectivity index (χ1) is 7.16. The van der Waals surface area contributed by atoms with Crippen LogP contribution in [0.3, 0.4) is 0 Å². The number of hydrogen-bond donors (Lipinski definition) is 0. The third-order valence-corrected chi connectivity index (χ3v) is 2.57. The lowest BCUT2D eigenvalue weighted by atomic mass is 10.1. The predicted molar refractivity (Wildman–Crippen MR) is 59.6 cm³/mol. The number of likely N-dealkylation sites (N-methyl/N-ethyl adjacent to an activating group) is 1. The van der Waals surface area contributed by atoms with Crippen molar-refractivity contribution < 1.29 is 9.53 Å². The molecule has 0 aromatic heterocycles. The van der Waals surface area contributed by atoms with Crippen LogP contribution in [0.1, 0.15) is 12.5 Å². The van der Waals surface area contributed by atoms with Gasteiger partial charge in [0, 0.05) is 13.5 Å². The van der Waals surface area contributed by atoms with Gasteiger partial charge in [-0.25, -0.2) is 0 Å². The maximum atomic E-state index is 11.0. The minimum Gasteiger partial charge on any atom is -0.490 e. The van der Waals surface area contributed by atoms with Crippen molar-refractivity contribution in [3.8, 4) is 5.75 Å². The van der Waals surface area contributed by atoms with Crippen LogP contribution in [0, 0.1) is 0 Å². The molecule has 0 saturated carbocycles. The van der Waals surface area contributed by atoms with Crippen LogP contribution in [0.2, 0.25) is 0 Å². The zero-order valence-corrected chi connectivity index (χ0v) is 9.12. The molecule has 1 heterocycles. The van der Waals surface area contributed by atoms with Gasteiger partial charge < -0.3 is 9.64 Å². The molecule has 0 aliphatic carbocycles. The number of benzene rings is 1. The molecule has 1 aliphatic heterocycles. The summed E-state index contributed by atoms with van der Waals surface area (Å²) in [4.78, 5) is 13.2. The van der Waals surface area contributed by atoms with Gasteiger partial charge in [0.05, 0.1) is 12.2 Å². The zero-order valence-electron chi connectivity index (χ0n) is 9.12. The first kappa shape index (κ1) is 10.0. The van der Waals surface area contributed by atoms with Gasteiger partial charge in [-0.15, -0.1) is 0 Å². The van der Waals surface area contributed by atoms with Gasteiger partial charge in [0.15, 0.2) is 0 Å². The van der Waals surface area contributed by atoms with Crippen LogP contribution in [0.15, 0.2) is 18.2 Å². The number of fused-ring (bicyclic) bond motifs is 1. The molecule has 1 aromatic rings. The van der Waals surface area contributed by atoms with Crippen molar-refractivity contribution in [3.05, 3.63) is 23.8 Å². The third kappa shape index (κ3) is 2.12. The Bertz CT molecular complexity index is 387. The molecule has 0 fully saturated rings. The maximum absolute atomic E-state index is 11.0. The van der Waals surface area contributed by atoms with Crippen molar-refractivity contribution in [1.29, 1.82) is 0 Å². The van der Waals surface area contributed by atoms with Crippen molar-refractivity contribution in [2.45, 2.75) is 13.3 Å². The summed E-state index contributed by atoms with van der Waals surface area (Å²) in [5.41, 5.74) is 2.14. The Balaban J connectivity index is 2.31. The fourth-order valence-corrected chi connectivity index (χ4v) is 1.79. The summed E-state index contributed by atoms with van der Waals surface area (Å²) in [5.74, 6) is 1.10. The van der Waals surface area contributed by atoms with E-state index in [1.54, 1.807) is 6.92 Å². The van der Waals surface area contributed by atoms with E-state index in [1.165, 1.54) is 0 Å². The Kier molecular flexibility index (Phi) is 2.62. The summed E-state index contributed by atoms with van der Waals surface area (Å²) in [6, 6.07) is 5.94. The quantitative estimate of drug-likeness (QED) is 0.735. The average Bonchev–Trinajstić information content (AvgIpc) is 2.18. The average molecular weight is 205 g/mol. The van der Waals surface area contributed by atoms with E-state index in [9.17, 15) is 4.79 Å². The van der Waals surface area contributed by atoms with E-state index in [4.69, 9.17) is 4.74 Å². The minimum atomic E-state index is 0.189. The standard InChI is InChI=1S/C12H15NO2/c1-9(14)7-10-3-4-12-11(8-10)13(2)5-6-15-12/h3-4,8H,5-7H2,1-2H3. The number of hydrogen-bond acceptors (Lipinski definition) is 3. The first-order valence-electron chi connectivity index (χ1n) is 5.13. The maximum Gasteiger partial charge on any atom is 0.142 e. The van der Waals surface area contributed by atoms with Crippen molar-refractivity contribution in [2.24, 2.45) is 0 Å². The number of carbonyl (C=O) groups is 1. The lowest BCUT2D eigenvalue weighted by Gasteiger charge is -2.28. The van der Waals surface area contributed by atoms with Crippen LogP contribution < -0.4 is 9.64 Å². The van der Waals surface area contributed by atoms with Crippen molar-refractivity contribution in [2.75, 3.05) is 25.1 Å². The zero-order chi connectivity index (χ0) is 10.8. The molecule has 2 rings (SSSR count). The minimum absolute atomic E-state index is 0.189. The molecule has 0 bridgehead atoms. The van der Waals surface area contributed by atoms with Crippen LogP contribution in [0.4, 0.5) is 5.69 Å². The molecule has 1 aromatic carbocycles. The van der Waals surface area contributed by atoms with Crippen molar-refractivity contribution >= 4 is 11.5 Å². The van der Waals surface area contributed by atoms with Crippen molar-refractivity contribution in [1.82, 2.24) is 0 Å². The summed E-state index contributed by atoms with van der Waals surface area (Å²) < 4.78 is 5.53. The fourth-order valence-electron chi connectivity index (χ4n) is 1.79. The molecule has 0 amide bonds. The largest absolute Gasteiger partial charge is 0.490 e. The topological polar surface area (TPSA) is 29.5 Å². The molecule has 3 heteroatoms. The summed E-state index contributed by atoms with van der Waals surface area (Å²) in [7, 11) is 2.04. The van der Waals surface area contributed by atoms with Gasteiger partial charge in [-0.1, -0.05) is 6.07 Å². The van der Waals surface area contributed by atoms with E-state index in [2.05, 4.69) is 4.90 Å². The molecular weight excluding hydrogens is 190 g/mol. The number of rotatable bonds is 2. The Morgan fingerprint density at radius 1 is 1.53 bits per heavy atom. The second kappa shape index (κ2) is 3.93. The van der Waals surface area contributed by atoms with Crippen LogP contribution >= 0.6 is 0 Å². The highest BCUT2D eigenvalue weighted by Gasteiger charge is 2.15. The molecule has 0 unspecified atom stereocenters. The Labute approximate surface area is 89.7 Å². The number of ketones is 1. The fraction of sp³-hybridized carbons (Fsp3) is 0.417. The van der Waals surface area contributed by atoms with Crippen LogP contribution in [0.25, 0.3) is 0 Å². The molecule has 0 atom stereocenters. The molecule has 3 nitrogen and oxygen atoms in total. The molecule has 0 spiro atoms. The van der Waals surface area contributed by atoms with Crippen LogP contribution in [-0.4, -0.2) is 26.0 Å².